The summed E-state index contributed by atoms with van der Waals surface area (Å²) < 4.78 is 10.4. The van der Waals surface area contributed by atoms with E-state index in [1.165, 1.54) is 0 Å². The molecule has 2 heterocycles. The zero-order valence-corrected chi connectivity index (χ0v) is 10.9. The van der Waals surface area contributed by atoms with Crippen LogP contribution in [-0.4, -0.2) is 73.6 Å². The van der Waals surface area contributed by atoms with Crippen molar-refractivity contribution in [1.29, 1.82) is 0 Å². The molecule has 18 heavy (non-hydrogen) atoms. The highest BCUT2D eigenvalue weighted by Gasteiger charge is 2.33. The number of hydrogen-bond donors (Lipinski definition) is 2. The van der Waals surface area contributed by atoms with Crippen LogP contribution in [-0.2, 0) is 14.3 Å². The number of rotatable bonds is 4. The number of nitrogens with zero attached hydrogens (tertiary/aromatic N) is 1. The van der Waals surface area contributed by atoms with Gasteiger partial charge in [-0.2, -0.15) is 0 Å². The van der Waals surface area contributed by atoms with Gasteiger partial charge in [0.05, 0.1) is 25.9 Å². The van der Waals surface area contributed by atoms with Gasteiger partial charge in [0, 0.05) is 32.7 Å². The molecule has 0 bridgehead atoms. The maximum absolute atomic E-state index is 12.0. The minimum Gasteiger partial charge on any atom is -0.386 e. The molecule has 0 radical (unpaired) electrons. The Morgan fingerprint density at radius 2 is 2.11 bits per heavy atom. The summed E-state index contributed by atoms with van der Waals surface area (Å²) in [7, 11) is 0. The Morgan fingerprint density at radius 3 is 2.72 bits per heavy atom. The van der Waals surface area contributed by atoms with Crippen molar-refractivity contribution in [2.24, 2.45) is 0 Å². The number of carbonyl (C=O) groups excluding carboxylic acids is 1. The molecule has 104 valence electrons. The van der Waals surface area contributed by atoms with Crippen LogP contribution >= 0.6 is 0 Å². The van der Waals surface area contributed by atoms with Crippen molar-refractivity contribution in [3.63, 3.8) is 0 Å². The Balaban J connectivity index is 1.76. The molecular formula is C12H22N2O4. The molecule has 2 saturated heterocycles. The summed E-state index contributed by atoms with van der Waals surface area (Å²) in [4.78, 5) is 14.1. The normalized spacial score (nSPS) is 31.2. The lowest BCUT2D eigenvalue weighted by molar-refractivity contribution is -0.128. The molecule has 2 fully saturated rings. The minimum atomic E-state index is -0.889. The number of carbonyl (C=O) groups is 1. The summed E-state index contributed by atoms with van der Waals surface area (Å²) in [6.07, 6.45) is 0.583. The van der Waals surface area contributed by atoms with E-state index < -0.39 is 5.60 Å². The average Bonchev–Trinajstić information content (AvgIpc) is 2.83. The molecule has 6 nitrogen and oxygen atoms in total. The van der Waals surface area contributed by atoms with Gasteiger partial charge in [0.15, 0.2) is 0 Å². The third kappa shape index (κ3) is 3.41. The average molecular weight is 258 g/mol. The van der Waals surface area contributed by atoms with Crippen LogP contribution in [0.2, 0.25) is 0 Å². The Kier molecular flexibility index (Phi) is 4.55. The first-order valence-corrected chi connectivity index (χ1v) is 6.50. The van der Waals surface area contributed by atoms with Crippen LogP contribution in [0, 0.1) is 0 Å². The zero-order valence-electron chi connectivity index (χ0n) is 10.9. The second-order valence-corrected chi connectivity index (χ2v) is 5.07. The lowest BCUT2D eigenvalue weighted by Crippen LogP contribution is -2.52. The highest BCUT2D eigenvalue weighted by atomic mass is 16.5. The van der Waals surface area contributed by atoms with E-state index in [1.54, 1.807) is 0 Å². The molecule has 2 aliphatic rings. The highest BCUT2D eigenvalue weighted by molar-refractivity contribution is 5.81. The van der Waals surface area contributed by atoms with Crippen LogP contribution in [0.15, 0.2) is 0 Å². The van der Waals surface area contributed by atoms with E-state index in [0.29, 0.717) is 32.8 Å². The van der Waals surface area contributed by atoms with Crippen LogP contribution in [0.3, 0.4) is 0 Å². The van der Waals surface area contributed by atoms with Crippen LogP contribution in [0.1, 0.15) is 13.3 Å². The van der Waals surface area contributed by atoms with E-state index in [-0.39, 0.29) is 18.5 Å². The van der Waals surface area contributed by atoms with Crippen LogP contribution < -0.4 is 5.32 Å². The van der Waals surface area contributed by atoms with E-state index >= 15 is 0 Å². The summed E-state index contributed by atoms with van der Waals surface area (Å²) >= 11 is 0. The first-order chi connectivity index (χ1) is 8.61. The van der Waals surface area contributed by atoms with Gasteiger partial charge >= 0.3 is 0 Å². The maximum atomic E-state index is 12.0. The first-order valence-electron chi connectivity index (χ1n) is 6.50. The van der Waals surface area contributed by atoms with Crippen LogP contribution in [0.25, 0.3) is 0 Å². The quantitative estimate of drug-likeness (QED) is 0.675. The number of nitrogens with one attached hydrogen (secondary N) is 1. The van der Waals surface area contributed by atoms with E-state index in [1.807, 2.05) is 6.92 Å². The predicted octanol–water partition coefficient (Wildman–Crippen LogP) is -1.03. The fourth-order valence-electron chi connectivity index (χ4n) is 2.27. The molecule has 2 rings (SSSR count). The molecule has 0 spiro atoms. The number of morpholine rings is 1. The standard InChI is InChI=1S/C12H22N2O4/c1-10(14-3-6-17-7-4-14)11(15)13-8-12(16)2-5-18-9-12/h10,16H,2-9H2,1H3,(H,13,15). The number of aliphatic hydroxyl groups is 1. The summed E-state index contributed by atoms with van der Waals surface area (Å²) in [6.45, 7) is 5.93. The lowest BCUT2D eigenvalue weighted by Gasteiger charge is -2.32. The third-order valence-corrected chi connectivity index (χ3v) is 3.65. The molecule has 1 amide bonds. The van der Waals surface area contributed by atoms with Crippen LogP contribution in [0.5, 0.6) is 0 Å². The second kappa shape index (κ2) is 5.97. The summed E-state index contributed by atoms with van der Waals surface area (Å²) in [5.41, 5.74) is -0.889. The van der Waals surface area contributed by atoms with Crippen molar-refractivity contribution in [3.8, 4) is 0 Å². The summed E-state index contributed by atoms with van der Waals surface area (Å²) in [5, 5.41) is 12.9. The first kappa shape index (κ1) is 13.7. The fourth-order valence-corrected chi connectivity index (χ4v) is 2.27. The fraction of sp³-hybridized carbons (Fsp3) is 0.917. The molecule has 0 saturated carbocycles. The van der Waals surface area contributed by atoms with Gasteiger partial charge in [-0.15, -0.1) is 0 Å². The molecular weight excluding hydrogens is 236 g/mol. The molecule has 0 aliphatic carbocycles. The van der Waals surface area contributed by atoms with Gasteiger partial charge in [-0.1, -0.05) is 0 Å². The molecule has 2 unspecified atom stereocenters. The summed E-state index contributed by atoms with van der Waals surface area (Å²) in [5.74, 6) is -0.0442. The van der Waals surface area contributed by atoms with Gasteiger partial charge in [-0.3, -0.25) is 9.69 Å². The van der Waals surface area contributed by atoms with Gasteiger partial charge in [0.1, 0.15) is 5.60 Å². The molecule has 6 heteroatoms. The minimum absolute atomic E-state index is 0.0442. The maximum Gasteiger partial charge on any atom is 0.237 e. The topological polar surface area (TPSA) is 71.0 Å². The Morgan fingerprint density at radius 1 is 1.39 bits per heavy atom. The van der Waals surface area contributed by atoms with E-state index in [4.69, 9.17) is 9.47 Å². The van der Waals surface area contributed by atoms with Gasteiger partial charge in [-0.05, 0) is 6.92 Å². The number of amides is 1. The second-order valence-electron chi connectivity index (χ2n) is 5.07. The predicted molar refractivity (Wildman–Crippen MR) is 65.2 cm³/mol. The molecule has 2 atom stereocenters. The molecule has 2 aliphatic heterocycles. The van der Waals surface area contributed by atoms with Crippen molar-refractivity contribution in [2.75, 3.05) is 46.1 Å². The van der Waals surface area contributed by atoms with E-state index in [9.17, 15) is 9.90 Å². The smallest absolute Gasteiger partial charge is 0.237 e. The van der Waals surface area contributed by atoms with Crippen molar-refractivity contribution in [2.45, 2.75) is 25.0 Å². The molecule has 0 aromatic heterocycles. The Labute approximate surface area is 107 Å². The van der Waals surface area contributed by atoms with Gasteiger partial charge < -0.3 is 19.9 Å². The van der Waals surface area contributed by atoms with Gasteiger partial charge in [0.25, 0.3) is 0 Å². The van der Waals surface area contributed by atoms with Crippen molar-refractivity contribution < 1.29 is 19.4 Å². The zero-order chi connectivity index (χ0) is 13.0. The number of ether oxygens (including phenoxy) is 2. The van der Waals surface area contributed by atoms with Crippen molar-refractivity contribution >= 4 is 5.91 Å². The van der Waals surface area contributed by atoms with E-state index in [0.717, 1.165) is 13.1 Å². The molecule has 2 N–H and O–H groups in total. The Bertz CT molecular complexity index is 286. The monoisotopic (exact) mass is 258 g/mol. The van der Waals surface area contributed by atoms with Crippen LogP contribution in [0.4, 0.5) is 0 Å². The van der Waals surface area contributed by atoms with Crippen molar-refractivity contribution in [1.82, 2.24) is 10.2 Å². The van der Waals surface area contributed by atoms with Gasteiger partial charge in [-0.25, -0.2) is 0 Å². The highest BCUT2D eigenvalue weighted by Crippen LogP contribution is 2.17. The molecule has 0 aromatic carbocycles. The molecule has 0 aromatic rings. The Hall–Kier alpha value is -0.690. The SMILES string of the molecule is CC(C(=O)NCC1(O)CCOC1)N1CCOCC1. The summed E-state index contributed by atoms with van der Waals surface area (Å²) in [6, 6.07) is -0.181. The number of hydrogen-bond acceptors (Lipinski definition) is 5. The lowest BCUT2D eigenvalue weighted by atomic mass is 10.0. The third-order valence-electron chi connectivity index (χ3n) is 3.65. The van der Waals surface area contributed by atoms with E-state index in [2.05, 4.69) is 10.2 Å². The van der Waals surface area contributed by atoms with Gasteiger partial charge in [0.2, 0.25) is 5.91 Å². The van der Waals surface area contributed by atoms with Crippen molar-refractivity contribution in [3.05, 3.63) is 0 Å². The largest absolute Gasteiger partial charge is 0.386 e.